The van der Waals surface area contributed by atoms with Crippen molar-refractivity contribution in [2.75, 3.05) is 36.8 Å². The zero-order chi connectivity index (χ0) is 21.0. The summed E-state index contributed by atoms with van der Waals surface area (Å²) in [6, 6.07) is 0.883. The zero-order valence-electron chi connectivity index (χ0n) is 15.6. The molecule has 0 N–H and O–H groups in total. The van der Waals surface area contributed by atoms with E-state index in [4.69, 9.17) is 16.1 Å². The lowest BCUT2D eigenvalue weighted by Crippen LogP contribution is -2.36. The Morgan fingerprint density at radius 3 is 2.76 bits per heavy atom. The molecule has 2 aromatic heterocycles. The standard InChI is InChI=1S/C17H19ClF3N5O2S/c1-11-23-14(24-28-11)9-29-10-15(27)25-3-2-4-26(6-5-25)16-13(18)7-12(8-22-16)17(19,20)21/h7-8H,2-6,9-10H2,1H3. The number of nitrogens with zero attached hydrogens (tertiary/aromatic N) is 5. The molecular formula is C17H19ClF3N5O2S. The molecule has 12 heteroatoms. The van der Waals surface area contributed by atoms with Crippen LogP contribution in [-0.2, 0) is 16.7 Å². The van der Waals surface area contributed by atoms with E-state index in [2.05, 4.69) is 15.1 Å². The summed E-state index contributed by atoms with van der Waals surface area (Å²) in [6.07, 6.45) is -3.04. The van der Waals surface area contributed by atoms with Gasteiger partial charge in [0.1, 0.15) is 5.82 Å². The van der Waals surface area contributed by atoms with Crippen molar-refractivity contribution in [2.45, 2.75) is 25.3 Å². The Hall–Kier alpha value is -2.01. The summed E-state index contributed by atoms with van der Waals surface area (Å²) in [5.74, 6) is 2.08. The van der Waals surface area contributed by atoms with Crippen molar-refractivity contribution in [1.82, 2.24) is 20.0 Å². The van der Waals surface area contributed by atoms with E-state index in [0.29, 0.717) is 55.9 Å². The molecule has 1 saturated heterocycles. The van der Waals surface area contributed by atoms with Crippen LogP contribution >= 0.6 is 23.4 Å². The molecule has 0 bridgehead atoms. The van der Waals surface area contributed by atoms with Gasteiger partial charge < -0.3 is 14.3 Å². The van der Waals surface area contributed by atoms with Crippen LogP contribution in [0.15, 0.2) is 16.8 Å². The van der Waals surface area contributed by atoms with Gasteiger partial charge in [0.25, 0.3) is 0 Å². The van der Waals surface area contributed by atoms with Crippen LogP contribution in [-0.4, -0.2) is 57.9 Å². The highest BCUT2D eigenvalue weighted by atomic mass is 35.5. The summed E-state index contributed by atoms with van der Waals surface area (Å²) in [5, 5.41) is 3.73. The first-order valence-electron chi connectivity index (χ1n) is 8.86. The highest BCUT2D eigenvalue weighted by molar-refractivity contribution is 7.99. The number of halogens is 4. The predicted molar refractivity (Wildman–Crippen MR) is 103 cm³/mol. The van der Waals surface area contributed by atoms with Crippen molar-refractivity contribution >= 4 is 35.1 Å². The number of aryl methyl sites for hydroxylation is 1. The van der Waals surface area contributed by atoms with Crippen molar-refractivity contribution in [3.63, 3.8) is 0 Å². The van der Waals surface area contributed by atoms with Crippen LogP contribution < -0.4 is 4.90 Å². The minimum absolute atomic E-state index is 0.0106. The number of hydrogen-bond donors (Lipinski definition) is 0. The quantitative estimate of drug-likeness (QED) is 0.692. The van der Waals surface area contributed by atoms with E-state index in [1.807, 2.05) is 4.90 Å². The third-order valence-electron chi connectivity index (χ3n) is 4.32. The fraction of sp³-hybridized carbons (Fsp3) is 0.529. The van der Waals surface area contributed by atoms with Crippen LogP contribution in [0.4, 0.5) is 19.0 Å². The average molecular weight is 450 g/mol. The number of thioether (sulfide) groups is 1. The van der Waals surface area contributed by atoms with E-state index in [9.17, 15) is 18.0 Å². The molecule has 0 spiro atoms. The summed E-state index contributed by atoms with van der Waals surface area (Å²) in [5.41, 5.74) is -0.883. The summed E-state index contributed by atoms with van der Waals surface area (Å²) < 4.78 is 43.3. The monoisotopic (exact) mass is 449 g/mol. The van der Waals surface area contributed by atoms with Crippen LogP contribution in [0.5, 0.6) is 0 Å². The van der Waals surface area contributed by atoms with E-state index in [0.717, 1.165) is 12.3 Å². The van der Waals surface area contributed by atoms with Gasteiger partial charge in [-0.15, -0.1) is 11.8 Å². The zero-order valence-corrected chi connectivity index (χ0v) is 17.1. The first-order chi connectivity index (χ1) is 13.7. The molecular weight excluding hydrogens is 431 g/mol. The number of carbonyl (C=O) groups is 1. The molecule has 1 amide bonds. The second kappa shape index (κ2) is 9.21. The van der Waals surface area contributed by atoms with Gasteiger partial charge in [-0.3, -0.25) is 4.79 Å². The smallest absolute Gasteiger partial charge is 0.354 e. The van der Waals surface area contributed by atoms with Gasteiger partial charge in [-0.25, -0.2) is 4.98 Å². The molecule has 0 aliphatic carbocycles. The number of amides is 1. The predicted octanol–water partition coefficient (Wildman–Crippen LogP) is 3.42. The van der Waals surface area contributed by atoms with Crippen LogP contribution in [0.3, 0.4) is 0 Å². The molecule has 158 valence electrons. The first-order valence-corrected chi connectivity index (χ1v) is 10.4. The Morgan fingerprint density at radius 1 is 1.31 bits per heavy atom. The van der Waals surface area contributed by atoms with Crippen molar-refractivity contribution in [3.8, 4) is 0 Å². The topological polar surface area (TPSA) is 75.4 Å². The minimum Gasteiger partial charge on any atom is -0.354 e. The number of alkyl halides is 3. The summed E-state index contributed by atoms with van der Waals surface area (Å²) in [6.45, 7) is 3.71. The highest BCUT2D eigenvalue weighted by Gasteiger charge is 2.32. The van der Waals surface area contributed by atoms with Gasteiger partial charge in [-0.1, -0.05) is 16.8 Å². The molecule has 0 atom stereocenters. The SMILES string of the molecule is Cc1nc(CSCC(=O)N2CCCN(c3ncc(C(F)(F)F)cc3Cl)CC2)no1. The van der Waals surface area contributed by atoms with Crippen molar-refractivity contribution in [2.24, 2.45) is 0 Å². The van der Waals surface area contributed by atoms with Gasteiger partial charge >= 0.3 is 6.18 Å². The van der Waals surface area contributed by atoms with Gasteiger partial charge in [-0.05, 0) is 12.5 Å². The molecule has 0 unspecified atom stereocenters. The maximum absolute atomic E-state index is 12.8. The van der Waals surface area contributed by atoms with Crippen LogP contribution in [0.2, 0.25) is 5.02 Å². The van der Waals surface area contributed by atoms with Crippen LogP contribution in [0.25, 0.3) is 0 Å². The van der Waals surface area contributed by atoms with E-state index in [1.165, 1.54) is 11.8 Å². The third kappa shape index (κ3) is 5.75. The van der Waals surface area contributed by atoms with Crippen LogP contribution in [0.1, 0.15) is 23.7 Å². The van der Waals surface area contributed by atoms with Gasteiger partial charge in [0, 0.05) is 39.3 Å². The average Bonchev–Trinajstić information content (AvgIpc) is 2.92. The number of hydrogen-bond acceptors (Lipinski definition) is 7. The molecule has 3 heterocycles. The molecule has 7 nitrogen and oxygen atoms in total. The fourth-order valence-electron chi connectivity index (χ4n) is 2.92. The van der Waals surface area contributed by atoms with Gasteiger partial charge in [-0.2, -0.15) is 18.2 Å². The lowest BCUT2D eigenvalue weighted by atomic mass is 10.2. The number of aromatic nitrogens is 3. The number of rotatable bonds is 5. The van der Waals surface area contributed by atoms with Crippen molar-refractivity contribution in [1.29, 1.82) is 0 Å². The Kier molecular flexibility index (Phi) is 6.89. The Labute approximate surface area is 174 Å². The minimum atomic E-state index is -4.49. The van der Waals surface area contributed by atoms with Gasteiger partial charge in [0.15, 0.2) is 5.82 Å². The Bertz CT molecular complexity index is 864. The molecule has 3 rings (SSSR count). The lowest BCUT2D eigenvalue weighted by molar-refractivity contribution is -0.137. The fourth-order valence-corrected chi connectivity index (χ4v) is 3.96. The molecule has 1 aliphatic heterocycles. The van der Waals surface area contributed by atoms with Crippen LogP contribution in [0, 0.1) is 6.92 Å². The van der Waals surface area contributed by atoms with E-state index in [1.54, 1.807) is 11.8 Å². The molecule has 2 aromatic rings. The highest BCUT2D eigenvalue weighted by Crippen LogP contribution is 2.33. The summed E-state index contributed by atoms with van der Waals surface area (Å²) in [7, 11) is 0. The summed E-state index contributed by atoms with van der Waals surface area (Å²) >= 11 is 7.44. The van der Waals surface area contributed by atoms with E-state index < -0.39 is 11.7 Å². The van der Waals surface area contributed by atoms with E-state index in [-0.39, 0.29) is 16.7 Å². The molecule has 1 fully saturated rings. The van der Waals surface area contributed by atoms with Crippen molar-refractivity contribution < 1.29 is 22.5 Å². The molecule has 0 saturated carbocycles. The number of anilines is 1. The number of pyridine rings is 1. The second-order valence-corrected chi connectivity index (χ2v) is 7.86. The molecule has 29 heavy (non-hydrogen) atoms. The summed E-state index contributed by atoms with van der Waals surface area (Å²) in [4.78, 5) is 24.0. The first kappa shape index (κ1) is 21.7. The van der Waals surface area contributed by atoms with E-state index >= 15 is 0 Å². The normalized spacial score (nSPS) is 15.5. The maximum Gasteiger partial charge on any atom is 0.417 e. The Morgan fingerprint density at radius 2 is 2.10 bits per heavy atom. The molecule has 1 aliphatic rings. The largest absolute Gasteiger partial charge is 0.417 e. The second-order valence-electron chi connectivity index (χ2n) is 6.47. The third-order valence-corrected chi connectivity index (χ3v) is 5.52. The molecule has 0 aromatic carbocycles. The molecule has 0 radical (unpaired) electrons. The number of carbonyl (C=O) groups excluding carboxylic acids is 1. The maximum atomic E-state index is 12.8. The van der Waals surface area contributed by atoms with Crippen molar-refractivity contribution in [3.05, 3.63) is 34.6 Å². The lowest BCUT2D eigenvalue weighted by Gasteiger charge is -2.24. The Balaban J connectivity index is 1.54. The van der Waals surface area contributed by atoms with Gasteiger partial charge in [0.2, 0.25) is 11.8 Å². The van der Waals surface area contributed by atoms with Gasteiger partial charge in [0.05, 0.1) is 22.1 Å².